The lowest BCUT2D eigenvalue weighted by Gasteiger charge is -2.16. The van der Waals surface area contributed by atoms with E-state index in [2.05, 4.69) is 15.5 Å². The number of nitrogens with one attached hydrogen (secondary N) is 1. The molecule has 38 heavy (non-hydrogen) atoms. The fourth-order valence-electron chi connectivity index (χ4n) is 3.68. The number of nitrogens with zero attached hydrogens (tertiary/aromatic N) is 2. The van der Waals surface area contributed by atoms with Gasteiger partial charge in [-0.05, 0) is 43.0 Å². The molecule has 1 heterocycles. The molecule has 0 saturated heterocycles. The first-order valence-electron chi connectivity index (χ1n) is 11.4. The third-order valence-electron chi connectivity index (χ3n) is 5.80. The zero-order chi connectivity index (χ0) is 28.3. The largest absolute Gasteiger partial charge is 0.494 e. The van der Waals surface area contributed by atoms with Crippen LogP contribution in [0.4, 0.5) is 26.3 Å². The maximum absolute atomic E-state index is 13.1. The minimum Gasteiger partial charge on any atom is -0.494 e. The Morgan fingerprint density at radius 1 is 1.13 bits per heavy atom. The van der Waals surface area contributed by atoms with E-state index in [-0.39, 0.29) is 29.9 Å². The van der Waals surface area contributed by atoms with E-state index in [0.717, 1.165) is 17.7 Å². The van der Waals surface area contributed by atoms with Crippen LogP contribution in [-0.2, 0) is 21.7 Å². The molecule has 1 aliphatic heterocycles. The molecule has 1 unspecified atom stereocenters. The van der Waals surface area contributed by atoms with E-state index in [1.807, 2.05) is 31.2 Å². The molecule has 1 aliphatic carbocycles. The number of nitrogens with two attached hydrogens (primary N) is 1. The lowest BCUT2D eigenvalue weighted by molar-refractivity contribution is -0.192. The number of halogens is 6. The molecular formula is C24H24F6N4O4. The van der Waals surface area contributed by atoms with Crippen LogP contribution in [0.2, 0.25) is 0 Å². The van der Waals surface area contributed by atoms with E-state index in [4.69, 9.17) is 20.4 Å². The summed E-state index contributed by atoms with van der Waals surface area (Å²) in [6, 6.07) is 12.7. The van der Waals surface area contributed by atoms with E-state index in [9.17, 15) is 31.1 Å². The predicted octanol–water partition coefficient (Wildman–Crippen LogP) is 4.44. The third-order valence-corrected chi connectivity index (χ3v) is 5.80. The smallest absolute Gasteiger partial charge is 0.490 e. The van der Waals surface area contributed by atoms with Crippen LogP contribution in [0, 0.1) is 0 Å². The highest BCUT2D eigenvalue weighted by molar-refractivity contribution is 5.82. The first-order chi connectivity index (χ1) is 17.7. The van der Waals surface area contributed by atoms with Crippen LogP contribution in [0.25, 0.3) is 0 Å². The first kappa shape index (κ1) is 28.9. The van der Waals surface area contributed by atoms with Crippen molar-refractivity contribution in [2.45, 2.75) is 55.8 Å². The molecule has 0 bridgehead atoms. The van der Waals surface area contributed by atoms with Gasteiger partial charge in [-0.15, -0.1) is 10.2 Å². The fourth-order valence-corrected chi connectivity index (χ4v) is 3.68. The SMILES string of the molecule is CCOc1cccc([C@@H]2C[C@H]2NC(=O)C(N)Cc2ccc(C3(C(F)(F)F)N=N3)cc2)c1.O=C(O)C(F)(F)F. The van der Waals surface area contributed by atoms with E-state index in [0.29, 0.717) is 12.2 Å². The standard InChI is InChI=1S/C22H23F3N4O2.C2HF3O2/c1-2-31-16-5-3-4-14(11-16)17-12-19(17)27-20(30)18(26)10-13-6-8-15(9-7-13)21(28-29-21)22(23,24)25;3-2(4,5)1(6)7/h3-9,11,17-19H,2,10,12,26H2,1H3,(H,27,30);(H,6,7)/t17-,18?,19+;/m0./s1. The number of ether oxygens (including phenoxy) is 1. The molecule has 0 radical (unpaired) electrons. The zero-order valence-electron chi connectivity index (χ0n) is 19.9. The molecular weight excluding hydrogens is 522 g/mol. The first-order valence-corrected chi connectivity index (χ1v) is 11.4. The second-order valence-electron chi connectivity index (χ2n) is 8.64. The molecule has 1 saturated carbocycles. The van der Waals surface area contributed by atoms with Gasteiger partial charge in [0, 0.05) is 17.5 Å². The van der Waals surface area contributed by atoms with Gasteiger partial charge >= 0.3 is 24.0 Å². The van der Waals surface area contributed by atoms with Crippen molar-refractivity contribution in [1.82, 2.24) is 5.32 Å². The lowest BCUT2D eigenvalue weighted by atomic mass is 9.98. The molecule has 4 N–H and O–H groups in total. The van der Waals surface area contributed by atoms with Crippen molar-refractivity contribution in [3.8, 4) is 5.75 Å². The van der Waals surface area contributed by atoms with Gasteiger partial charge in [0.2, 0.25) is 5.91 Å². The topological polar surface area (TPSA) is 126 Å². The molecule has 3 atom stereocenters. The molecule has 0 spiro atoms. The Kier molecular flexibility index (Phi) is 8.34. The van der Waals surface area contributed by atoms with Crippen LogP contribution in [0.15, 0.2) is 58.8 Å². The van der Waals surface area contributed by atoms with Gasteiger partial charge in [-0.25, -0.2) is 4.79 Å². The second-order valence-corrected chi connectivity index (χ2v) is 8.64. The summed E-state index contributed by atoms with van der Waals surface area (Å²) in [5.41, 5.74) is 5.32. The average Bonchev–Trinajstić information content (AvgIpc) is 3.74. The number of carboxylic acid groups (broad SMARTS) is 1. The fraction of sp³-hybridized carbons (Fsp3) is 0.417. The number of benzene rings is 2. The molecule has 2 aromatic rings. The van der Waals surface area contributed by atoms with Crippen LogP contribution in [0.3, 0.4) is 0 Å². The Labute approximate surface area is 212 Å². The summed E-state index contributed by atoms with van der Waals surface area (Å²) >= 11 is 0. The number of hydrogen-bond donors (Lipinski definition) is 3. The van der Waals surface area contributed by atoms with Gasteiger partial charge in [0.05, 0.1) is 12.6 Å². The van der Waals surface area contributed by atoms with Crippen molar-refractivity contribution in [3.63, 3.8) is 0 Å². The molecule has 2 aromatic carbocycles. The minimum absolute atomic E-state index is 0.0162. The number of hydrogen-bond acceptors (Lipinski definition) is 6. The Bertz CT molecular complexity index is 1180. The van der Waals surface area contributed by atoms with Crippen molar-refractivity contribution in [2.24, 2.45) is 16.0 Å². The second kappa shape index (κ2) is 11.0. The van der Waals surface area contributed by atoms with Gasteiger partial charge in [-0.3, -0.25) is 4.79 Å². The van der Waals surface area contributed by atoms with E-state index in [1.165, 1.54) is 24.3 Å². The zero-order valence-corrected chi connectivity index (χ0v) is 19.9. The average molecular weight is 546 g/mol. The Hall–Kier alpha value is -3.68. The van der Waals surface area contributed by atoms with Crippen LogP contribution in [0.5, 0.6) is 5.75 Å². The van der Waals surface area contributed by atoms with Crippen LogP contribution >= 0.6 is 0 Å². The Morgan fingerprint density at radius 3 is 2.24 bits per heavy atom. The molecule has 1 fully saturated rings. The van der Waals surface area contributed by atoms with E-state index < -0.39 is 30.0 Å². The van der Waals surface area contributed by atoms with Gasteiger partial charge in [-0.2, -0.15) is 26.3 Å². The molecule has 4 rings (SSSR count). The Balaban J connectivity index is 0.000000505. The van der Waals surface area contributed by atoms with Crippen molar-refractivity contribution in [2.75, 3.05) is 6.61 Å². The number of carbonyl (C=O) groups excluding carboxylic acids is 1. The van der Waals surface area contributed by atoms with Gasteiger partial charge < -0.3 is 20.9 Å². The predicted molar refractivity (Wildman–Crippen MR) is 121 cm³/mol. The van der Waals surface area contributed by atoms with Gasteiger partial charge in [0.1, 0.15) is 5.75 Å². The summed E-state index contributed by atoms with van der Waals surface area (Å²) in [6.07, 6.45) is -8.60. The summed E-state index contributed by atoms with van der Waals surface area (Å²) in [4.78, 5) is 21.4. The number of aliphatic carboxylic acids is 1. The molecule has 2 aliphatic rings. The van der Waals surface area contributed by atoms with Crippen molar-refractivity contribution in [1.29, 1.82) is 0 Å². The monoisotopic (exact) mass is 546 g/mol. The van der Waals surface area contributed by atoms with Crippen molar-refractivity contribution < 1.29 is 45.8 Å². The quantitative estimate of drug-likeness (QED) is 0.422. The Morgan fingerprint density at radius 2 is 1.74 bits per heavy atom. The number of amides is 1. The molecule has 8 nitrogen and oxygen atoms in total. The number of alkyl halides is 6. The molecule has 0 aromatic heterocycles. The third kappa shape index (κ3) is 7.00. The summed E-state index contributed by atoms with van der Waals surface area (Å²) in [5, 5.41) is 16.5. The summed E-state index contributed by atoms with van der Waals surface area (Å²) in [5.74, 6) is -2.01. The van der Waals surface area contributed by atoms with Crippen LogP contribution in [-0.4, -0.2) is 48.0 Å². The van der Waals surface area contributed by atoms with Crippen LogP contribution < -0.4 is 15.8 Å². The number of rotatable bonds is 8. The maximum atomic E-state index is 13.1. The molecule has 206 valence electrons. The summed E-state index contributed by atoms with van der Waals surface area (Å²) in [6.45, 7) is 2.51. The van der Waals surface area contributed by atoms with Gasteiger partial charge in [0.15, 0.2) is 0 Å². The van der Waals surface area contributed by atoms with Crippen molar-refractivity contribution in [3.05, 3.63) is 65.2 Å². The lowest BCUT2D eigenvalue weighted by Crippen LogP contribution is -2.43. The highest BCUT2D eigenvalue weighted by atomic mass is 19.4. The minimum atomic E-state index is -5.08. The van der Waals surface area contributed by atoms with E-state index >= 15 is 0 Å². The molecule has 1 amide bonds. The normalized spacial score (nSPS) is 20.0. The summed E-state index contributed by atoms with van der Waals surface area (Å²) in [7, 11) is 0. The summed E-state index contributed by atoms with van der Waals surface area (Å²) < 4.78 is 76.5. The maximum Gasteiger partial charge on any atom is 0.490 e. The van der Waals surface area contributed by atoms with Crippen LogP contribution in [0.1, 0.15) is 36.0 Å². The van der Waals surface area contributed by atoms with Gasteiger partial charge in [0.25, 0.3) is 0 Å². The number of carbonyl (C=O) groups is 2. The number of carboxylic acids is 1. The van der Waals surface area contributed by atoms with Gasteiger partial charge in [-0.1, -0.05) is 36.4 Å². The molecule has 14 heteroatoms. The highest BCUT2D eigenvalue weighted by Gasteiger charge is 2.65. The highest BCUT2D eigenvalue weighted by Crippen LogP contribution is 2.52. The van der Waals surface area contributed by atoms with Crippen molar-refractivity contribution >= 4 is 11.9 Å². The van der Waals surface area contributed by atoms with E-state index in [1.54, 1.807) is 0 Å².